The zero-order chi connectivity index (χ0) is 21.8. The maximum atomic E-state index is 10.9. The Balaban J connectivity index is 2.65. The lowest BCUT2D eigenvalue weighted by molar-refractivity contribution is -0.137. The smallest absolute Gasteiger partial charge is 0.481 e. The van der Waals surface area contributed by atoms with Crippen LogP contribution >= 0.6 is 11.6 Å². The topological polar surface area (TPSA) is 124 Å². The maximum Gasteiger partial charge on any atom is 0.506 e. The van der Waals surface area contributed by atoms with E-state index in [0.29, 0.717) is 44.9 Å². The summed E-state index contributed by atoms with van der Waals surface area (Å²) in [7, 11) is 0. The Morgan fingerprint density at radius 1 is 1.21 bits per heavy atom. The maximum absolute atomic E-state index is 10.9. The molecule has 1 rings (SSSR count). The highest BCUT2D eigenvalue weighted by Crippen LogP contribution is 2.39. The van der Waals surface area contributed by atoms with E-state index in [9.17, 15) is 19.8 Å². The number of halogens is 1. The minimum atomic E-state index is -1.36. The van der Waals surface area contributed by atoms with E-state index in [1.54, 1.807) is 19.1 Å². The first-order valence-electron chi connectivity index (χ1n) is 10.2. The summed E-state index contributed by atoms with van der Waals surface area (Å²) in [5.74, 6) is -1.02. The molecule has 0 radical (unpaired) electrons. The molecule has 0 aliphatic heterocycles. The molecule has 0 amide bonds. The van der Waals surface area contributed by atoms with Gasteiger partial charge in [0.2, 0.25) is 0 Å². The van der Waals surface area contributed by atoms with Crippen LogP contribution in [0.1, 0.15) is 58.3 Å². The van der Waals surface area contributed by atoms with E-state index < -0.39 is 30.4 Å². The van der Waals surface area contributed by atoms with Crippen LogP contribution < -0.4 is 0 Å². The van der Waals surface area contributed by atoms with Crippen LogP contribution in [0.25, 0.3) is 0 Å². The van der Waals surface area contributed by atoms with Gasteiger partial charge in [0.25, 0.3) is 0 Å². The van der Waals surface area contributed by atoms with Crippen molar-refractivity contribution in [2.24, 2.45) is 11.8 Å². The summed E-state index contributed by atoms with van der Waals surface area (Å²) in [6.07, 6.45) is 8.43. The van der Waals surface area contributed by atoms with Crippen LogP contribution in [0.15, 0.2) is 24.3 Å². The van der Waals surface area contributed by atoms with E-state index in [2.05, 4.69) is 0 Å². The molecule has 0 aromatic carbocycles. The summed E-state index contributed by atoms with van der Waals surface area (Å²) in [4.78, 5) is 21.5. The van der Waals surface area contributed by atoms with E-state index >= 15 is 0 Å². The van der Waals surface area contributed by atoms with Crippen LogP contribution in [0.3, 0.4) is 0 Å². The number of rotatable bonds is 13. The van der Waals surface area contributed by atoms with Gasteiger partial charge < -0.3 is 25.2 Å². The van der Waals surface area contributed by atoms with Gasteiger partial charge in [-0.25, -0.2) is 4.79 Å². The van der Waals surface area contributed by atoms with Gasteiger partial charge in [0.1, 0.15) is 6.10 Å². The van der Waals surface area contributed by atoms with E-state index in [4.69, 9.17) is 26.6 Å². The van der Waals surface area contributed by atoms with Crippen molar-refractivity contribution in [2.75, 3.05) is 0 Å². The lowest BCUT2D eigenvalue weighted by atomic mass is 9.90. The highest BCUT2D eigenvalue weighted by Gasteiger charge is 2.39. The Morgan fingerprint density at radius 2 is 1.93 bits per heavy atom. The van der Waals surface area contributed by atoms with Gasteiger partial charge in [-0.3, -0.25) is 4.79 Å². The number of alkyl halides is 1. The number of hydrogen-bond donors (Lipinski definition) is 4. The van der Waals surface area contributed by atoms with Crippen LogP contribution in [-0.4, -0.2) is 56.2 Å². The zero-order valence-electron chi connectivity index (χ0n) is 16.8. The molecule has 6 atom stereocenters. The van der Waals surface area contributed by atoms with Gasteiger partial charge in [-0.05, 0) is 63.9 Å². The Hall–Kier alpha value is -1.57. The Kier molecular flexibility index (Phi) is 12.0. The van der Waals surface area contributed by atoms with Crippen LogP contribution in [-0.2, 0) is 9.53 Å². The van der Waals surface area contributed by atoms with Crippen LogP contribution in [0.5, 0.6) is 0 Å². The Labute approximate surface area is 177 Å². The lowest BCUT2D eigenvalue weighted by Crippen LogP contribution is -2.20. The summed E-state index contributed by atoms with van der Waals surface area (Å²) in [6, 6.07) is 0. The van der Waals surface area contributed by atoms with Crippen LogP contribution in [0.2, 0.25) is 0 Å². The number of ether oxygens (including phenoxy) is 1. The highest BCUT2D eigenvalue weighted by molar-refractivity contribution is 6.21. The first-order chi connectivity index (χ1) is 13.7. The first kappa shape index (κ1) is 25.5. The van der Waals surface area contributed by atoms with Gasteiger partial charge >= 0.3 is 12.1 Å². The third-order valence-corrected chi connectivity index (χ3v) is 5.62. The molecule has 1 saturated carbocycles. The number of aliphatic carboxylic acids is 1. The van der Waals surface area contributed by atoms with Gasteiger partial charge in [0.05, 0.1) is 12.2 Å². The molecule has 1 aliphatic rings. The number of unbranched alkanes of at least 4 members (excludes halogenated alkanes) is 1. The quantitative estimate of drug-likeness (QED) is 0.150. The van der Waals surface area contributed by atoms with Crippen molar-refractivity contribution >= 4 is 23.7 Å². The summed E-state index contributed by atoms with van der Waals surface area (Å²) >= 11 is 6.41. The monoisotopic (exact) mass is 432 g/mol. The van der Waals surface area contributed by atoms with Crippen molar-refractivity contribution < 1.29 is 34.8 Å². The summed E-state index contributed by atoms with van der Waals surface area (Å²) in [5, 5.41) is 37.1. The average molecular weight is 433 g/mol. The molecule has 4 N–H and O–H groups in total. The summed E-state index contributed by atoms with van der Waals surface area (Å²) in [5.41, 5.74) is 0. The molecule has 0 saturated heterocycles. The van der Waals surface area contributed by atoms with E-state index in [1.807, 2.05) is 12.2 Å². The molecular formula is C21H33ClO7. The number of carboxylic acid groups (broad SMARTS) is 2. The average Bonchev–Trinajstić information content (AvgIpc) is 2.87. The van der Waals surface area contributed by atoms with Crippen LogP contribution in [0.4, 0.5) is 4.79 Å². The van der Waals surface area contributed by atoms with Crippen molar-refractivity contribution in [2.45, 2.75) is 82.0 Å². The highest BCUT2D eigenvalue weighted by atomic mass is 35.5. The SMILES string of the molecule is C[C@@H](O)CCC[C@@H](C=C[C@@H]1[C@@H](CC=CCCCC(=O)O)[C@H](Cl)C[C@H]1O)OC(=O)O. The first-order valence-corrected chi connectivity index (χ1v) is 10.6. The van der Waals surface area contributed by atoms with E-state index in [0.717, 1.165) is 0 Å². The normalized spacial score (nSPS) is 26.8. The predicted molar refractivity (Wildman–Crippen MR) is 110 cm³/mol. The largest absolute Gasteiger partial charge is 0.506 e. The Morgan fingerprint density at radius 3 is 2.55 bits per heavy atom. The predicted octanol–water partition coefficient (Wildman–Crippen LogP) is 3.96. The van der Waals surface area contributed by atoms with Gasteiger partial charge in [-0.15, -0.1) is 11.6 Å². The molecule has 0 aromatic rings. The molecule has 1 fully saturated rings. The molecule has 1 aliphatic carbocycles. The summed E-state index contributed by atoms with van der Waals surface area (Å²) in [6.45, 7) is 1.68. The third kappa shape index (κ3) is 10.7. The van der Waals surface area contributed by atoms with Crippen molar-refractivity contribution in [3.05, 3.63) is 24.3 Å². The second-order valence-corrected chi connectivity index (χ2v) is 8.20. The fourth-order valence-corrected chi connectivity index (χ4v) is 4.05. The molecule has 0 unspecified atom stereocenters. The van der Waals surface area contributed by atoms with Crippen LogP contribution in [0, 0.1) is 11.8 Å². The number of hydrogen-bond acceptors (Lipinski definition) is 5. The molecular weight excluding hydrogens is 400 g/mol. The van der Waals surface area contributed by atoms with Gasteiger partial charge in [-0.1, -0.05) is 18.2 Å². The molecule has 29 heavy (non-hydrogen) atoms. The molecule has 0 spiro atoms. The van der Waals surface area contributed by atoms with Crippen molar-refractivity contribution in [3.63, 3.8) is 0 Å². The minimum absolute atomic E-state index is 0.00147. The number of carbonyl (C=O) groups is 2. The second kappa shape index (κ2) is 13.6. The minimum Gasteiger partial charge on any atom is -0.481 e. The van der Waals surface area contributed by atoms with Gasteiger partial charge in [0.15, 0.2) is 0 Å². The number of allylic oxidation sites excluding steroid dienone is 2. The third-order valence-electron chi connectivity index (χ3n) is 5.12. The molecule has 166 valence electrons. The number of aliphatic hydroxyl groups excluding tert-OH is 2. The van der Waals surface area contributed by atoms with Crippen molar-refractivity contribution in [3.8, 4) is 0 Å². The van der Waals surface area contributed by atoms with Crippen molar-refractivity contribution in [1.82, 2.24) is 0 Å². The van der Waals surface area contributed by atoms with E-state index in [1.165, 1.54) is 0 Å². The fraction of sp³-hybridized carbons (Fsp3) is 0.714. The second-order valence-electron chi connectivity index (χ2n) is 7.64. The van der Waals surface area contributed by atoms with Gasteiger partial charge in [0, 0.05) is 17.7 Å². The lowest BCUT2D eigenvalue weighted by Gasteiger charge is -2.20. The fourth-order valence-electron chi connectivity index (χ4n) is 3.60. The van der Waals surface area contributed by atoms with Crippen molar-refractivity contribution in [1.29, 1.82) is 0 Å². The zero-order valence-corrected chi connectivity index (χ0v) is 17.6. The van der Waals surface area contributed by atoms with E-state index in [-0.39, 0.29) is 23.6 Å². The molecule has 0 heterocycles. The Bertz CT molecular complexity index is 561. The molecule has 0 aromatic heterocycles. The molecule has 7 nitrogen and oxygen atoms in total. The standard InChI is InChI=1S/C21H33ClO7/c1-14(23)7-6-8-15(29-21(27)28)11-12-17-16(18(22)13-19(17)24)9-4-2-3-5-10-20(25)26/h2,4,11-12,14-19,23-24H,3,5-10,13H2,1H3,(H,25,26)(H,27,28)/t14-,15+,16-,17-,18-,19-/m1/s1. The molecule has 0 bridgehead atoms. The van der Waals surface area contributed by atoms with Gasteiger partial charge in [-0.2, -0.15) is 0 Å². The molecule has 8 heteroatoms. The number of carboxylic acids is 1. The summed E-state index contributed by atoms with van der Waals surface area (Å²) < 4.78 is 4.91. The number of aliphatic hydroxyl groups is 2.